The molecule has 0 radical (unpaired) electrons. The van der Waals surface area contributed by atoms with Crippen molar-refractivity contribution in [1.29, 1.82) is 0 Å². The van der Waals surface area contributed by atoms with Crippen LogP contribution in [0.2, 0.25) is 0 Å². The number of nitrogens with zero attached hydrogens (tertiary/aromatic N) is 3. The average Bonchev–Trinajstić information content (AvgIpc) is 2.95. The largest absolute Gasteiger partial charge is 0.334 e. The number of aryl methyl sites for hydroxylation is 2. The Morgan fingerprint density at radius 3 is 2.65 bits per heavy atom. The third-order valence-corrected chi connectivity index (χ3v) is 4.25. The maximum Gasteiger partial charge on any atom is 0.282 e. The van der Waals surface area contributed by atoms with Gasteiger partial charge in [-0.3, -0.25) is 9.82 Å². The summed E-state index contributed by atoms with van der Waals surface area (Å²) >= 11 is 0. The van der Waals surface area contributed by atoms with Gasteiger partial charge in [0.25, 0.3) is 10.0 Å². The van der Waals surface area contributed by atoms with E-state index in [2.05, 4.69) is 19.9 Å². The molecular weight excluding hydrogens is 278 g/mol. The third kappa shape index (κ3) is 2.84. The van der Waals surface area contributed by atoms with Gasteiger partial charge in [-0.05, 0) is 19.8 Å². The van der Waals surface area contributed by atoms with Gasteiger partial charge in [-0.2, -0.15) is 13.5 Å². The lowest BCUT2D eigenvalue weighted by Gasteiger charge is -2.01. The average molecular weight is 297 g/mol. The van der Waals surface area contributed by atoms with Gasteiger partial charge in [0.1, 0.15) is 5.82 Å². The Bertz CT molecular complexity index is 699. The van der Waals surface area contributed by atoms with Crippen LogP contribution in [0.3, 0.4) is 0 Å². The van der Waals surface area contributed by atoms with Crippen LogP contribution >= 0.6 is 0 Å². The van der Waals surface area contributed by atoms with E-state index in [1.807, 2.05) is 20.8 Å². The van der Waals surface area contributed by atoms with Gasteiger partial charge in [-0.15, -0.1) is 0 Å². The first-order valence-electron chi connectivity index (χ1n) is 6.45. The highest BCUT2D eigenvalue weighted by atomic mass is 32.2. The molecule has 0 bridgehead atoms. The van der Waals surface area contributed by atoms with Crippen molar-refractivity contribution < 1.29 is 8.42 Å². The van der Waals surface area contributed by atoms with Crippen molar-refractivity contribution in [2.24, 2.45) is 0 Å². The molecule has 2 rings (SSSR count). The van der Waals surface area contributed by atoms with Crippen LogP contribution in [0.1, 0.15) is 38.2 Å². The molecule has 2 aromatic rings. The van der Waals surface area contributed by atoms with Gasteiger partial charge in [0.05, 0.1) is 0 Å². The summed E-state index contributed by atoms with van der Waals surface area (Å²) in [6.07, 6.45) is 1.52. The molecule has 0 atom stereocenters. The topological polar surface area (TPSA) is 92.7 Å². The zero-order valence-electron chi connectivity index (χ0n) is 12.0. The molecule has 0 unspecified atom stereocenters. The number of imidazole rings is 1. The Kier molecular flexibility index (Phi) is 3.85. The second-order valence-electron chi connectivity index (χ2n) is 4.88. The Balaban J connectivity index is 2.25. The summed E-state index contributed by atoms with van der Waals surface area (Å²) in [5.41, 5.74) is 0.873. The smallest absolute Gasteiger partial charge is 0.282 e. The number of aromatic nitrogens is 4. The number of rotatable bonds is 5. The number of hydrogen-bond donors (Lipinski definition) is 2. The Hall–Kier alpha value is -1.83. The van der Waals surface area contributed by atoms with Crippen LogP contribution in [0.4, 0.5) is 5.82 Å². The van der Waals surface area contributed by atoms with Crippen LogP contribution in [0.15, 0.2) is 17.3 Å². The Labute approximate surface area is 118 Å². The van der Waals surface area contributed by atoms with Crippen molar-refractivity contribution in [3.63, 3.8) is 0 Å². The quantitative estimate of drug-likeness (QED) is 0.881. The number of hydrogen-bond acceptors (Lipinski definition) is 4. The van der Waals surface area contributed by atoms with Crippen molar-refractivity contribution in [3.8, 4) is 0 Å². The first kappa shape index (κ1) is 14.6. The lowest BCUT2D eigenvalue weighted by Crippen LogP contribution is -2.13. The van der Waals surface area contributed by atoms with E-state index in [4.69, 9.17) is 0 Å². The SMILES string of the molecule is CCn1cc(S(=O)(=O)Nc2cc(C(C)C)[nH]n2)nc1C. The van der Waals surface area contributed by atoms with Crippen LogP contribution < -0.4 is 4.72 Å². The van der Waals surface area contributed by atoms with E-state index < -0.39 is 10.0 Å². The molecule has 2 heterocycles. The van der Waals surface area contributed by atoms with Gasteiger partial charge in [0.15, 0.2) is 10.8 Å². The van der Waals surface area contributed by atoms with Crippen molar-refractivity contribution in [2.45, 2.75) is 45.2 Å². The second kappa shape index (κ2) is 5.28. The van der Waals surface area contributed by atoms with Crippen LogP contribution in [0.25, 0.3) is 0 Å². The van der Waals surface area contributed by atoms with E-state index in [1.54, 1.807) is 17.6 Å². The number of anilines is 1. The fourth-order valence-corrected chi connectivity index (χ4v) is 2.81. The first-order valence-corrected chi connectivity index (χ1v) is 7.93. The molecule has 0 fully saturated rings. The van der Waals surface area contributed by atoms with Crippen LogP contribution in [0, 0.1) is 6.92 Å². The molecule has 0 amide bonds. The van der Waals surface area contributed by atoms with Crippen molar-refractivity contribution in [2.75, 3.05) is 4.72 Å². The van der Waals surface area contributed by atoms with Crippen molar-refractivity contribution in [1.82, 2.24) is 19.7 Å². The number of aromatic amines is 1. The highest BCUT2D eigenvalue weighted by molar-refractivity contribution is 7.92. The Morgan fingerprint density at radius 2 is 2.15 bits per heavy atom. The fourth-order valence-electron chi connectivity index (χ4n) is 1.80. The summed E-state index contributed by atoms with van der Waals surface area (Å²) in [6.45, 7) is 8.37. The van der Waals surface area contributed by atoms with Gasteiger partial charge < -0.3 is 4.57 Å². The van der Waals surface area contributed by atoms with Crippen molar-refractivity contribution >= 4 is 15.8 Å². The highest BCUT2D eigenvalue weighted by Gasteiger charge is 2.20. The van der Waals surface area contributed by atoms with E-state index in [0.29, 0.717) is 12.4 Å². The lowest BCUT2D eigenvalue weighted by molar-refractivity contribution is 0.597. The molecule has 8 heteroatoms. The molecule has 2 N–H and O–H groups in total. The van der Waals surface area contributed by atoms with E-state index in [0.717, 1.165) is 5.69 Å². The highest BCUT2D eigenvalue weighted by Crippen LogP contribution is 2.18. The maximum absolute atomic E-state index is 12.2. The molecule has 0 saturated heterocycles. The van der Waals surface area contributed by atoms with E-state index in [1.165, 1.54) is 6.20 Å². The van der Waals surface area contributed by atoms with Crippen LogP contribution in [-0.4, -0.2) is 28.2 Å². The van der Waals surface area contributed by atoms with Gasteiger partial charge >= 0.3 is 0 Å². The van der Waals surface area contributed by atoms with E-state index in [9.17, 15) is 8.42 Å². The first-order chi connectivity index (χ1) is 9.33. The lowest BCUT2D eigenvalue weighted by atomic mass is 10.1. The van der Waals surface area contributed by atoms with E-state index in [-0.39, 0.29) is 16.8 Å². The summed E-state index contributed by atoms with van der Waals surface area (Å²) in [7, 11) is -3.70. The minimum absolute atomic E-state index is 0.00551. The van der Waals surface area contributed by atoms with Crippen LogP contribution in [-0.2, 0) is 16.6 Å². The molecule has 20 heavy (non-hydrogen) atoms. The summed E-state index contributed by atoms with van der Waals surface area (Å²) in [4.78, 5) is 4.07. The summed E-state index contributed by atoms with van der Waals surface area (Å²) in [5.74, 6) is 1.19. The van der Waals surface area contributed by atoms with Gasteiger partial charge in [-0.25, -0.2) is 4.98 Å². The number of H-pyrrole nitrogens is 1. The van der Waals surface area contributed by atoms with Crippen LogP contribution in [0.5, 0.6) is 0 Å². The molecule has 0 aliphatic rings. The third-order valence-electron chi connectivity index (χ3n) is 3.03. The monoisotopic (exact) mass is 297 g/mol. The predicted molar refractivity (Wildman–Crippen MR) is 76.1 cm³/mol. The number of sulfonamides is 1. The second-order valence-corrected chi connectivity index (χ2v) is 6.51. The minimum Gasteiger partial charge on any atom is -0.334 e. The van der Waals surface area contributed by atoms with Gasteiger partial charge in [0, 0.05) is 24.5 Å². The Morgan fingerprint density at radius 1 is 1.45 bits per heavy atom. The molecule has 0 spiro atoms. The predicted octanol–water partition coefficient (Wildman–Crippen LogP) is 1.86. The minimum atomic E-state index is -3.70. The zero-order valence-corrected chi connectivity index (χ0v) is 12.8. The molecule has 0 aromatic carbocycles. The van der Waals surface area contributed by atoms with E-state index >= 15 is 0 Å². The molecule has 7 nitrogen and oxygen atoms in total. The van der Waals surface area contributed by atoms with Gasteiger partial charge in [-0.1, -0.05) is 13.8 Å². The number of nitrogens with one attached hydrogen (secondary N) is 2. The van der Waals surface area contributed by atoms with Crippen molar-refractivity contribution in [3.05, 3.63) is 23.8 Å². The fraction of sp³-hybridized carbons (Fsp3) is 0.500. The maximum atomic E-state index is 12.2. The molecule has 2 aromatic heterocycles. The standard InChI is InChI=1S/C12H19N5O2S/c1-5-17-7-12(13-9(17)4)20(18,19)16-11-6-10(8(2)3)14-15-11/h6-8H,5H2,1-4H3,(H2,14,15,16). The summed E-state index contributed by atoms with van der Waals surface area (Å²) in [5, 5.41) is 6.76. The molecule has 0 aliphatic carbocycles. The summed E-state index contributed by atoms with van der Waals surface area (Å²) in [6, 6.07) is 1.69. The molecule has 0 saturated carbocycles. The molecule has 0 aliphatic heterocycles. The normalized spacial score (nSPS) is 12.1. The molecular formula is C12H19N5O2S. The molecule has 110 valence electrons. The van der Waals surface area contributed by atoms with Gasteiger partial charge in [0.2, 0.25) is 0 Å². The zero-order chi connectivity index (χ0) is 14.9. The summed E-state index contributed by atoms with van der Waals surface area (Å²) < 4.78 is 28.6.